The molecule has 1 amide bonds. The number of amides is 1. The molecule has 33 heavy (non-hydrogen) atoms. The number of nitro groups is 1. The maximum absolute atomic E-state index is 13.7. The van der Waals surface area contributed by atoms with Crippen molar-refractivity contribution in [2.45, 2.75) is 19.9 Å². The van der Waals surface area contributed by atoms with Crippen LogP contribution in [0.1, 0.15) is 27.9 Å². The summed E-state index contributed by atoms with van der Waals surface area (Å²) in [6.07, 6.45) is 2.62. The molecule has 164 valence electrons. The minimum absolute atomic E-state index is 0.00235. The molecule has 0 fully saturated rings. The second-order valence-electron chi connectivity index (χ2n) is 7.45. The van der Waals surface area contributed by atoms with Gasteiger partial charge >= 0.3 is 0 Å². The number of fused-ring (bicyclic) bond motifs is 2. The van der Waals surface area contributed by atoms with E-state index in [-0.39, 0.29) is 18.1 Å². The number of aryl methyl sites for hydroxylation is 1. The Labute approximate surface area is 197 Å². The molecule has 0 spiro atoms. The van der Waals surface area contributed by atoms with Crippen molar-refractivity contribution in [1.29, 1.82) is 0 Å². The van der Waals surface area contributed by atoms with Gasteiger partial charge in [0, 0.05) is 28.4 Å². The molecular formula is C24H18N4O3S2. The molecule has 5 rings (SSSR count). The highest BCUT2D eigenvalue weighted by molar-refractivity contribution is 7.23. The van der Waals surface area contributed by atoms with Crippen LogP contribution in [0.4, 0.5) is 10.8 Å². The van der Waals surface area contributed by atoms with Gasteiger partial charge < -0.3 is 0 Å². The van der Waals surface area contributed by atoms with Crippen molar-refractivity contribution < 1.29 is 9.72 Å². The maximum atomic E-state index is 13.7. The molecule has 0 atom stereocenters. The van der Waals surface area contributed by atoms with E-state index in [0.29, 0.717) is 15.4 Å². The number of non-ortho nitro benzene ring substituents is 1. The van der Waals surface area contributed by atoms with Crippen molar-refractivity contribution in [2.24, 2.45) is 0 Å². The number of carbonyl (C=O) groups is 1. The van der Waals surface area contributed by atoms with Crippen LogP contribution >= 0.6 is 22.7 Å². The van der Waals surface area contributed by atoms with Crippen molar-refractivity contribution in [3.05, 3.63) is 93.1 Å². The van der Waals surface area contributed by atoms with Gasteiger partial charge in [-0.15, -0.1) is 11.3 Å². The molecule has 0 aliphatic heterocycles. The van der Waals surface area contributed by atoms with Crippen LogP contribution < -0.4 is 4.90 Å². The number of thiophene rings is 1. The summed E-state index contributed by atoms with van der Waals surface area (Å²) in [5, 5.41) is 12.4. The highest BCUT2D eigenvalue weighted by Gasteiger charge is 2.24. The number of benzene rings is 2. The van der Waals surface area contributed by atoms with Gasteiger partial charge in [0.25, 0.3) is 11.6 Å². The van der Waals surface area contributed by atoms with Crippen LogP contribution in [0.25, 0.3) is 20.3 Å². The van der Waals surface area contributed by atoms with Gasteiger partial charge in [0.15, 0.2) is 5.13 Å². The van der Waals surface area contributed by atoms with E-state index >= 15 is 0 Å². The van der Waals surface area contributed by atoms with Gasteiger partial charge in [-0.1, -0.05) is 30.4 Å². The lowest BCUT2D eigenvalue weighted by atomic mass is 10.2. The lowest BCUT2D eigenvalue weighted by molar-refractivity contribution is -0.384. The van der Waals surface area contributed by atoms with Crippen LogP contribution in [-0.4, -0.2) is 20.8 Å². The van der Waals surface area contributed by atoms with Crippen molar-refractivity contribution >= 4 is 59.7 Å². The van der Waals surface area contributed by atoms with Crippen LogP contribution in [0.3, 0.4) is 0 Å². The van der Waals surface area contributed by atoms with Crippen LogP contribution in [0.15, 0.2) is 66.9 Å². The molecule has 0 bridgehead atoms. The summed E-state index contributed by atoms with van der Waals surface area (Å²) < 4.78 is 1.84. The lowest BCUT2D eigenvalue weighted by Gasteiger charge is -2.18. The fraction of sp³-hybridized carbons (Fsp3) is 0.125. The van der Waals surface area contributed by atoms with Crippen molar-refractivity contribution in [2.75, 3.05) is 4.90 Å². The molecule has 5 aromatic rings. The van der Waals surface area contributed by atoms with E-state index in [0.717, 1.165) is 27.0 Å². The number of hydrogen-bond acceptors (Lipinski definition) is 7. The first kappa shape index (κ1) is 21.2. The molecule has 0 aliphatic carbocycles. The Bertz CT molecular complexity index is 1490. The highest BCUT2D eigenvalue weighted by Crippen LogP contribution is 2.34. The molecule has 3 aromatic heterocycles. The van der Waals surface area contributed by atoms with Gasteiger partial charge in [-0.05, 0) is 48.4 Å². The molecule has 0 radical (unpaired) electrons. The summed E-state index contributed by atoms with van der Waals surface area (Å²) in [5.41, 5.74) is 2.81. The Morgan fingerprint density at radius 1 is 1.06 bits per heavy atom. The fourth-order valence-electron chi connectivity index (χ4n) is 3.55. The summed E-state index contributed by atoms with van der Waals surface area (Å²) in [4.78, 5) is 35.6. The average molecular weight is 475 g/mol. The number of carbonyl (C=O) groups excluding carboxylic acids is 1. The molecule has 0 N–H and O–H groups in total. The third kappa shape index (κ3) is 4.20. The van der Waals surface area contributed by atoms with Gasteiger partial charge in [-0.2, -0.15) is 0 Å². The summed E-state index contributed by atoms with van der Waals surface area (Å²) in [5.74, 6) is -0.209. The second kappa shape index (κ2) is 8.68. The second-order valence-corrected chi connectivity index (χ2v) is 9.55. The quantitative estimate of drug-likeness (QED) is 0.215. The number of aromatic nitrogens is 2. The first-order chi connectivity index (χ1) is 16.0. The van der Waals surface area contributed by atoms with Crippen LogP contribution in [0, 0.1) is 10.1 Å². The smallest absolute Gasteiger partial charge is 0.270 e. The van der Waals surface area contributed by atoms with E-state index in [2.05, 4.69) is 24.0 Å². The predicted molar refractivity (Wildman–Crippen MR) is 132 cm³/mol. The Morgan fingerprint density at radius 2 is 1.94 bits per heavy atom. The van der Waals surface area contributed by atoms with Crippen molar-refractivity contribution in [1.82, 2.24) is 9.97 Å². The van der Waals surface area contributed by atoms with Crippen LogP contribution in [-0.2, 0) is 13.0 Å². The van der Waals surface area contributed by atoms with Crippen LogP contribution in [0.2, 0.25) is 0 Å². The molecule has 0 saturated heterocycles. The van der Waals surface area contributed by atoms with Gasteiger partial charge in [0.2, 0.25) is 0 Å². The van der Waals surface area contributed by atoms with Gasteiger partial charge in [0.1, 0.15) is 0 Å². The SMILES string of the molecule is CCc1ccc2nc(N(Cc3ccccn3)C(=O)c3cc4cc([N+](=O)[O-])ccc4s3)sc2c1. The first-order valence-corrected chi connectivity index (χ1v) is 11.9. The molecule has 9 heteroatoms. The molecule has 2 aromatic carbocycles. The number of nitrogens with zero attached hydrogens (tertiary/aromatic N) is 4. The third-order valence-corrected chi connectivity index (χ3v) is 7.44. The van der Waals surface area contributed by atoms with Gasteiger partial charge in [-0.25, -0.2) is 4.98 Å². The topological polar surface area (TPSA) is 89.2 Å². The highest BCUT2D eigenvalue weighted by atomic mass is 32.1. The van der Waals surface area contributed by atoms with E-state index < -0.39 is 4.92 Å². The summed E-state index contributed by atoms with van der Waals surface area (Å²) in [6.45, 7) is 2.38. The maximum Gasteiger partial charge on any atom is 0.270 e. The first-order valence-electron chi connectivity index (χ1n) is 10.3. The zero-order valence-corrected chi connectivity index (χ0v) is 19.2. The molecule has 0 saturated carbocycles. The minimum Gasteiger partial charge on any atom is -0.277 e. The number of anilines is 1. The Morgan fingerprint density at radius 3 is 2.70 bits per heavy atom. The minimum atomic E-state index is -0.433. The van der Waals surface area contributed by atoms with E-state index in [1.807, 2.05) is 24.3 Å². The largest absolute Gasteiger partial charge is 0.277 e. The van der Waals surface area contributed by atoms with E-state index in [9.17, 15) is 14.9 Å². The van der Waals surface area contributed by atoms with Crippen molar-refractivity contribution in [3.8, 4) is 0 Å². The molecular weight excluding hydrogens is 456 g/mol. The standard InChI is InChI=1S/C24H18N4O3S2/c1-2-15-6-8-19-21(11-15)33-24(26-19)27(14-17-5-3-4-10-25-17)23(29)22-13-16-12-18(28(30)31)7-9-20(16)32-22/h3-13H,2,14H2,1H3. The van der Waals surface area contributed by atoms with Gasteiger partial charge in [0.05, 0.1) is 32.3 Å². The molecule has 3 heterocycles. The number of thiazole rings is 1. The predicted octanol–water partition coefficient (Wildman–Crippen LogP) is 6.22. The summed E-state index contributed by atoms with van der Waals surface area (Å²) >= 11 is 2.79. The number of rotatable bonds is 6. The molecule has 7 nitrogen and oxygen atoms in total. The molecule has 0 aliphatic rings. The van der Waals surface area contributed by atoms with Crippen LogP contribution in [0.5, 0.6) is 0 Å². The van der Waals surface area contributed by atoms with Crippen molar-refractivity contribution in [3.63, 3.8) is 0 Å². The zero-order chi connectivity index (χ0) is 22.9. The van der Waals surface area contributed by atoms with Gasteiger partial charge in [-0.3, -0.25) is 24.8 Å². The number of nitro benzene ring substituents is 1. The fourth-order valence-corrected chi connectivity index (χ4v) is 5.57. The number of pyridine rings is 1. The summed E-state index contributed by atoms with van der Waals surface area (Å²) in [6, 6.07) is 18.1. The lowest BCUT2D eigenvalue weighted by Crippen LogP contribution is -2.30. The molecule has 0 unspecified atom stereocenters. The Kier molecular flexibility index (Phi) is 5.57. The van der Waals surface area contributed by atoms with E-state index in [1.54, 1.807) is 23.2 Å². The zero-order valence-electron chi connectivity index (χ0n) is 17.6. The average Bonchev–Trinajstić information content (AvgIpc) is 3.45. The third-order valence-electron chi connectivity index (χ3n) is 5.29. The normalized spacial score (nSPS) is 11.2. The van der Waals surface area contributed by atoms with E-state index in [1.165, 1.54) is 40.4 Å². The Balaban J connectivity index is 1.57. The monoisotopic (exact) mass is 474 g/mol. The number of hydrogen-bond donors (Lipinski definition) is 0. The Hall–Kier alpha value is -3.69. The van der Waals surface area contributed by atoms with E-state index in [4.69, 9.17) is 4.98 Å². The summed E-state index contributed by atoms with van der Waals surface area (Å²) in [7, 11) is 0.